The number of nitrogens with one attached hydrogen (secondary N) is 1. The maximum absolute atomic E-state index is 14.6. The first-order chi connectivity index (χ1) is 20.7. The second-order valence-corrected chi connectivity index (χ2v) is 10.0. The van der Waals surface area contributed by atoms with E-state index in [0.29, 0.717) is 30.0 Å². The Hall–Kier alpha value is -4.45. The lowest BCUT2D eigenvalue weighted by Gasteiger charge is -2.13. The number of nitrogens with zero attached hydrogens (tertiary/aromatic N) is 4. The predicted octanol–water partition coefficient (Wildman–Crippen LogP) is 6.38. The van der Waals surface area contributed by atoms with Crippen LogP contribution < -0.4 is 15.0 Å². The summed E-state index contributed by atoms with van der Waals surface area (Å²) in [6, 6.07) is 16.2. The lowest BCUT2D eigenvalue weighted by atomic mass is 10.00. The molecule has 225 valence electrons. The molecular formula is C31H35BF2N5O4. The fraction of sp³-hybridized carbons (Fsp3) is 0.323. The number of anilines is 1. The van der Waals surface area contributed by atoms with E-state index in [1.54, 1.807) is 31.2 Å². The third-order valence-electron chi connectivity index (χ3n) is 6.49. The van der Waals surface area contributed by atoms with Crippen LogP contribution in [0.5, 0.6) is 5.75 Å². The third kappa shape index (κ3) is 10.7. The lowest BCUT2D eigenvalue weighted by Crippen LogP contribution is -2.23. The van der Waals surface area contributed by atoms with Crippen molar-refractivity contribution in [3.8, 4) is 5.75 Å². The van der Waals surface area contributed by atoms with E-state index in [1.165, 1.54) is 7.62 Å². The van der Waals surface area contributed by atoms with Crippen molar-refractivity contribution in [2.24, 2.45) is 21.0 Å². The highest BCUT2D eigenvalue weighted by molar-refractivity contribution is 6.25. The van der Waals surface area contributed by atoms with Crippen LogP contribution in [0.1, 0.15) is 42.1 Å². The number of hydrogen-bond acceptors (Lipinski definition) is 8. The number of rotatable bonds is 17. The number of carbonyl (C=O) groups excluding carboxylic acids is 2. The molecule has 0 aliphatic rings. The van der Waals surface area contributed by atoms with E-state index in [4.69, 9.17) is 9.39 Å². The van der Waals surface area contributed by atoms with Crippen LogP contribution in [0.25, 0.3) is 0 Å². The van der Waals surface area contributed by atoms with Gasteiger partial charge in [0.15, 0.2) is 23.2 Å². The van der Waals surface area contributed by atoms with Gasteiger partial charge in [-0.2, -0.15) is 10.2 Å². The Bertz CT molecular complexity index is 1380. The van der Waals surface area contributed by atoms with Crippen molar-refractivity contribution in [1.82, 2.24) is 5.32 Å². The van der Waals surface area contributed by atoms with E-state index in [0.717, 1.165) is 30.7 Å². The van der Waals surface area contributed by atoms with Gasteiger partial charge in [-0.1, -0.05) is 13.3 Å². The minimum absolute atomic E-state index is 0.113. The zero-order valence-corrected chi connectivity index (χ0v) is 24.6. The molecule has 0 aliphatic carbocycles. The van der Waals surface area contributed by atoms with Gasteiger partial charge in [0.2, 0.25) is 0 Å². The Balaban J connectivity index is 1.47. The van der Waals surface area contributed by atoms with E-state index in [-0.39, 0.29) is 23.8 Å². The van der Waals surface area contributed by atoms with E-state index < -0.39 is 29.9 Å². The third-order valence-corrected chi connectivity index (χ3v) is 6.49. The van der Waals surface area contributed by atoms with Crippen molar-refractivity contribution in [2.45, 2.75) is 32.7 Å². The Kier molecular flexibility index (Phi) is 13.0. The van der Waals surface area contributed by atoms with Gasteiger partial charge >= 0.3 is 7.62 Å². The average molecular weight is 590 g/mol. The second-order valence-electron chi connectivity index (χ2n) is 10.0. The zero-order chi connectivity index (χ0) is 31.2. The van der Waals surface area contributed by atoms with Crippen LogP contribution in [0, 0.1) is 17.6 Å². The molecule has 0 heterocycles. The fourth-order valence-corrected chi connectivity index (χ4v) is 3.94. The van der Waals surface area contributed by atoms with Gasteiger partial charge in [0.05, 0.1) is 11.4 Å². The second kappa shape index (κ2) is 16.9. The standard InChI is InChI=1S/C31H35BF2N5O4/c1-21(7-5-6-16-43-32-35-2)29(40)20-42-30-27(33)17-22(18-28(30)34)19-36-31(41)23-8-10-24(11-9-23)37-38-25-12-14-26(15-13-25)39(3)4/h8-15,17-18,21H,2,5-7,16,19-20H2,1,3-4H3,(H,36,41)/t21-/m0/s1. The van der Waals surface area contributed by atoms with Crippen LogP contribution in [0.4, 0.5) is 25.8 Å². The molecule has 0 aromatic heterocycles. The topological polar surface area (TPSA) is 105 Å². The van der Waals surface area contributed by atoms with Gasteiger partial charge < -0.3 is 24.5 Å². The van der Waals surface area contributed by atoms with E-state index in [9.17, 15) is 18.4 Å². The van der Waals surface area contributed by atoms with Crippen LogP contribution >= 0.6 is 0 Å². The van der Waals surface area contributed by atoms with Crippen LogP contribution in [0.2, 0.25) is 0 Å². The van der Waals surface area contributed by atoms with Gasteiger partial charge in [0.1, 0.15) is 6.61 Å². The van der Waals surface area contributed by atoms with Gasteiger partial charge in [0, 0.05) is 44.4 Å². The van der Waals surface area contributed by atoms with Gasteiger partial charge in [-0.15, -0.1) is 0 Å². The number of hydrogen-bond donors (Lipinski definition) is 1. The van der Waals surface area contributed by atoms with Crippen LogP contribution in [-0.4, -0.2) is 53.3 Å². The number of carbonyl (C=O) groups is 2. The summed E-state index contributed by atoms with van der Waals surface area (Å²) < 4.78 is 39.5. The lowest BCUT2D eigenvalue weighted by molar-refractivity contribution is -0.124. The highest BCUT2D eigenvalue weighted by Crippen LogP contribution is 2.25. The summed E-state index contributed by atoms with van der Waals surface area (Å²) in [5, 5.41) is 11.0. The van der Waals surface area contributed by atoms with E-state index in [1.807, 2.05) is 43.3 Å². The first-order valence-corrected chi connectivity index (χ1v) is 13.8. The molecule has 1 amide bonds. The maximum Gasteiger partial charge on any atom is 0.458 e. The molecule has 0 aliphatic heterocycles. The summed E-state index contributed by atoms with van der Waals surface area (Å²) in [6.07, 6.45) is 2.06. The summed E-state index contributed by atoms with van der Waals surface area (Å²) in [4.78, 5) is 30.4. The molecule has 12 heteroatoms. The number of benzene rings is 3. The minimum atomic E-state index is -0.958. The van der Waals surface area contributed by atoms with Crippen molar-refractivity contribution in [3.63, 3.8) is 0 Å². The molecule has 0 spiro atoms. The maximum atomic E-state index is 14.6. The molecule has 43 heavy (non-hydrogen) atoms. The normalized spacial score (nSPS) is 11.7. The number of unbranched alkanes of at least 4 members (excludes halogenated alkanes) is 1. The Labute approximate surface area is 251 Å². The summed E-state index contributed by atoms with van der Waals surface area (Å²) in [5.74, 6) is -3.57. The first-order valence-electron chi connectivity index (χ1n) is 13.8. The van der Waals surface area contributed by atoms with Crippen LogP contribution in [0.3, 0.4) is 0 Å². The minimum Gasteiger partial charge on any atom is -0.480 e. The van der Waals surface area contributed by atoms with E-state index in [2.05, 4.69) is 27.2 Å². The number of azo groups is 1. The molecule has 1 radical (unpaired) electrons. The molecule has 3 aromatic carbocycles. The predicted molar refractivity (Wildman–Crippen MR) is 164 cm³/mol. The molecule has 0 bridgehead atoms. The molecule has 3 rings (SSSR count). The highest BCUT2D eigenvalue weighted by atomic mass is 19.1. The number of Topliss-reactive ketones (excluding diaryl/α,β-unsaturated/α-hetero) is 1. The molecule has 0 unspecified atom stereocenters. The van der Waals surface area contributed by atoms with Gasteiger partial charge in [-0.25, -0.2) is 8.78 Å². The Morgan fingerprint density at radius 3 is 2.16 bits per heavy atom. The van der Waals surface area contributed by atoms with Crippen LogP contribution in [0.15, 0.2) is 75.8 Å². The van der Waals surface area contributed by atoms with Crippen molar-refractivity contribution >= 4 is 43.1 Å². The molecule has 1 atom stereocenters. The Morgan fingerprint density at radius 1 is 0.977 bits per heavy atom. The zero-order valence-electron chi connectivity index (χ0n) is 24.6. The van der Waals surface area contributed by atoms with Crippen molar-refractivity contribution in [2.75, 3.05) is 32.2 Å². The molecular weight excluding hydrogens is 555 g/mol. The number of ether oxygens (including phenoxy) is 1. The molecule has 3 aromatic rings. The van der Waals surface area contributed by atoms with Gasteiger partial charge in [-0.3, -0.25) is 9.59 Å². The molecule has 0 fully saturated rings. The summed E-state index contributed by atoms with van der Waals surface area (Å²) in [5.41, 5.74) is 2.85. The Morgan fingerprint density at radius 2 is 1.58 bits per heavy atom. The average Bonchev–Trinajstić information content (AvgIpc) is 3.00. The fourth-order valence-electron chi connectivity index (χ4n) is 3.94. The molecule has 0 saturated carbocycles. The number of halogens is 2. The first kappa shape index (κ1) is 33.1. The molecule has 1 N–H and O–H groups in total. The number of amides is 1. The van der Waals surface area contributed by atoms with Gasteiger partial charge in [-0.05, 0) is 85.8 Å². The number of ketones is 1. The highest BCUT2D eigenvalue weighted by Gasteiger charge is 2.18. The summed E-state index contributed by atoms with van der Waals surface area (Å²) >= 11 is 0. The van der Waals surface area contributed by atoms with Crippen molar-refractivity contribution < 1.29 is 27.8 Å². The summed E-state index contributed by atoms with van der Waals surface area (Å²) in [6.45, 7) is 4.92. The van der Waals surface area contributed by atoms with Gasteiger partial charge in [0.25, 0.3) is 5.91 Å². The smallest absolute Gasteiger partial charge is 0.458 e. The van der Waals surface area contributed by atoms with E-state index >= 15 is 0 Å². The quantitative estimate of drug-likeness (QED) is 0.0850. The SMILES string of the molecule is C=N[B]OCCCC[C@H](C)C(=O)COc1c(F)cc(CNC(=O)c2ccc(N=Nc3ccc(N(C)C)cc3)cc2)cc1F. The summed E-state index contributed by atoms with van der Waals surface area (Å²) in [7, 11) is 5.16. The van der Waals surface area contributed by atoms with Crippen molar-refractivity contribution in [1.29, 1.82) is 0 Å². The van der Waals surface area contributed by atoms with Crippen molar-refractivity contribution in [3.05, 3.63) is 83.4 Å². The molecule has 9 nitrogen and oxygen atoms in total. The van der Waals surface area contributed by atoms with Crippen LogP contribution in [-0.2, 0) is 16.0 Å². The largest absolute Gasteiger partial charge is 0.480 e. The molecule has 0 saturated heterocycles. The monoisotopic (exact) mass is 590 g/mol.